The largest absolute Gasteiger partial charge is 0.397 e. The smallest absolute Gasteiger partial charge is 0.241 e. The van der Waals surface area contributed by atoms with E-state index in [0.29, 0.717) is 24.5 Å². The van der Waals surface area contributed by atoms with Gasteiger partial charge in [-0.15, -0.1) is 0 Å². The van der Waals surface area contributed by atoms with Crippen molar-refractivity contribution < 1.29 is 13.2 Å². The standard InChI is InChI=1S/C12H18N4O3S/c1-15-5-2-6-16(8-12(15)17)11-7-9(20(14,18)19)3-4-10(11)13/h3-4,7H,2,5-6,8,13H2,1H3,(H2,14,18,19). The Morgan fingerprint density at radius 1 is 1.25 bits per heavy atom. The maximum atomic E-state index is 11.9. The number of hydrogen-bond donors (Lipinski definition) is 2. The third kappa shape index (κ3) is 3.02. The first-order valence-corrected chi connectivity index (χ1v) is 7.75. The van der Waals surface area contributed by atoms with Crippen LogP contribution in [0.25, 0.3) is 0 Å². The lowest BCUT2D eigenvalue weighted by molar-refractivity contribution is -0.127. The molecule has 0 bridgehead atoms. The van der Waals surface area contributed by atoms with E-state index in [2.05, 4.69) is 0 Å². The molecule has 0 saturated carbocycles. The van der Waals surface area contributed by atoms with E-state index in [0.717, 1.165) is 6.42 Å². The van der Waals surface area contributed by atoms with E-state index in [-0.39, 0.29) is 17.3 Å². The van der Waals surface area contributed by atoms with Crippen molar-refractivity contribution in [2.45, 2.75) is 11.3 Å². The van der Waals surface area contributed by atoms with Crippen molar-refractivity contribution in [2.24, 2.45) is 5.14 Å². The topological polar surface area (TPSA) is 110 Å². The molecule has 0 radical (unpaired) electrons. The second kappa shape index (κ2) is 5.29. The fourth-order valence-corrected chi connectivity index (χ4v) is 2.70. The Balaban J connectivity index is 2.39. The number of nitrogens with zero attached hydrogens (tertiary/aromatic N) is 2. The summed E-state index contributed by atoms with van der Waals surface area (Å²) in [5.74, 6) is -0.0251. The number of benzene rings is 1. The molecule has 20 heavy (non-hydrogen) atoms. The molecule has 1 aliphatic heterocycles. The molecule has 0 spiro atoms. The molecule has 7 nitrogen and oxygen atoms in total. The van der Waals surface area contributed by atoms with Gasteiger partial charge in [-0.3, -0.25) is 4.79 Å². The molecule has 1 fully saturated rings. The number of primary sulfonamides is 1. The quantitative estimate of drug-likeness (QED) is 0.721. The second-order valence-electron chi connectivity index (χ2n) is 4.86. The minimum Gasteiger partial charge on any atom is -0.397 e. The lowest BCUT2D eigenvalue weighted by atomic mass is 10.2. The molecule has 1 aromatic rings. The van der Waals surface area contributed by atoms with Crippen LogP contribution in [0, 0.1) is 0 Å². The van der Waals surface area contributed by atoms with Crippen LogP contribution in [0.2, 0.25) is 0 Å². The van der Waals surface area contributed by atoms with Gasteiger partial charge in [-0.25, -0.2) is 13.6 Å². The van der Waals surface area contributed by atoms with Gasteiger partial charge in [-0.2, -0.15) is 0 Å². The Bertz CT molecular complexity index is 630. The van der Waals surface area contributed by atoms with Crippen molar-refractivity contribution >= 4 is 27.3 Å². The number of hydrogen-bond acceptors (Lipinski definition) is 5. The second-order valence-corrected chi connectivity index (χ2v) is 6.42. The van der Waals surface area contributed by atoms with E-state index in [1.165, 1.54) is 18.2 Å². The van der Waals surface area contributed by atoms with E-state index >= 15 is 0 Å². The maximum Gasteiger partial charge on any atom is 0.241 e. The average molecular weight is 298 g/mol. The van der Waals surface area contributed by atoms with Crippen LogP contribution in [-0.2, 0) is 14.8 Å². The van der Waals surface area contributed by atoms with E-state index in [1.54, 1.807) is 16.8 Å². The van der Waals surface area contributed by atoms with Gasteiger partial charge in [0.2, 0.25) is 15.9 Å². The zero-order valence-electron chi connectivity index (χ0n) is 11.2. The highest BCUT2D eigenvalue weighted by atomic mass is 32.2. The molecule has 1 aliphatic rings. The van der Waals surface area contributed by atoms with Crippen LogP contribution < -0.4 is 15.8 Å². The molecule has 2 rings (SSSR count). The monoisotopic (exact) mass is 298 g/mol. The molecule has 4 N–H and O–H groups in total. The molecular formula is C12H18N4O3S. The predicted molar refractivity (Wildman–Crippen MR) is 76.7 cm³/mol. The summed E-state index contributed by atoms with van der Waals surface area (Å²) in [6, 6.07) is 4.28. The van der Waals surface area contributed by atoms with Crippen LogP contribution in [0.3, 0.4) is 0 Å². The van der Waals surface area contributed by atoms with Crippen molar-refractivity contribution in [3.63, 3.8) is 0 Å². The predicted octanol–water partition coefficient (Wildman–Crippen LogP) is -0.415. The number of likely N-dealkylation sites (N-methyl/N-ethyl adjacent to an activating group) is 1. The zero-order valence-corrected chi connectivity index (χ0v) is 12.1. The molecule has 1 heterocycles. The van der Waals surface area contributed by atoms with E-state index in [9.17, 15) is 13.2 Å². The Morgan fingerprint density at radius 3 is 2.60 bits per heavy atom. The first-order valence-electron chi connectivity index (χ1n) is 6.20. The third-order valence-electron chi connectivity index (χ3n) is 3.34. The van der Waals surface area contributed by atoms with Crippen molar-refractivity contribution in [1.82, 2.24) is 4.90 Å². The summed E-state index contributed by atoms with van der Waals surface area (Å²) in [5.41, 5.74) is 6.85. The molecule has 0 aliphatic carbocycles. The van der Waals surface area contributed by atoms with Gasteiger partial charge >= 0.3 is 0 Å². The van der Waals surface area contributed by atoms with E-state index < -0.39 is 10.0 Å². The van der Waals surface area contributed by atoms with Crippen molar-refractivity contribution in [3.05, 3.63) is 18.2 Å². The molecule has 0 atom stereocenters. The summed E-state index contributed by atoms with van der Waals surface area (Å²) < 4.78 is 22.8. The minimum absolute atomic E-state index is 0.00764. The molecule has 1 aromatic carbocycles. The fourth-order valence-electron chi connectivity index (χ4n) is 2.17. The van der Waals surface area contributed by atoms with Gasteiger partial charge in [0.05, 0.1) is 22.8 Å². The molecule has 1 saturated heterocycles. The molecule has 0 aromatic heterocycles. The Hall–Kier alpha value is -1.80. The van der Waals surface area contributed by atoms with Gasteiger partial charge in [0.15, 0.2) is 0 Å². The highest BCUT2D eigenvalue weighted by Gasteiger charge is 2.21. The number of carbonyl (C=O) groups excluding carboxylic acids is 1. The van der Waals surface area contributed by atoms with Crippen LogP contribution in [0.1, 0.15) is 6.42 Å². The van der Waals surface area contributed by atoms with E-state index in [4.69, 9.17) is 10.9 Å². The summed E-state index contributed by atoms with van der Waals surface area (Å²) in [6.45, 7) is 1.48. The van der Waals surface area contributed by atoms with Gasteiger partial charge in [0.25, 0.3) is 0 Å². The summed E-state index contributed by atoms with van der Waals surface area (Å²) in [6.07, 6.45) is 0.793. The number of sulfonamides is 1. The fraction of sp³-hybridized carbons (Fsp3) is 0.417. The number of carbonyl (C=O) groups is 1. The average Bonchev–Trinajstić information content (AvgIpc) is 2.51. The van der Waals surface area contributed by atoms with Crippen LogP contribution in [0.4, 0.5) is 11.4 Å². The highest BCUT2D eigenvalue weighted by molar-refractivity contribution is 7.89. The molecule has 1 amide bonds. The highest BCUT2D eigenvalue weighted by Crippen LogP contribution is 2.27. The lowest BCUT2D eigenvalue weighted by Gasteiger charge is -2.24. The normalized spacial score (nSPS) is 17.2. The van der Waals surface area contributed by atoms with Crippen molar-refractivity contribution in [2.75, 3.05) is 37.3 Å². The Labute approximate surface area is 118 Å². The first-order chi connectivity index (χ1) is 9.29. The van der Waals surface area contributed by atoms with Crippen LogP contribution in [0.5, 0.6) is 0 Å². The molecule has 8 heteroatoms. The number of amides is 1. The summed E-state index contributed by atoms with van der Waals surface area (Å²) in [5, 5.41) is 5.12. The van der Waals surface area contributed by atoms with Gasteiger partial charge in [-0.05, 0) is 24.6 Å². The van der Waals surface area contributed by atoms with Gasteiger partial charge in [0.1, 0.15) is 0 Å². The maximum absolute atomic E-state index is 11.9. The van der Waals surface area contributed by atoms with Crippen molar-refractivity contribution in [3.8, 4) is 0 Å². The van der Waals surface area contributed by atoms with Gasteiger partial charge in [-0.1, -0.05) is 0 Å². The van der Waals surface area contributed by atoms with E-state index in [1.807, 2.05) is 0 Å². The zero-order chi connectivity index (χ0) is 14.9. The van der Waals surface area contributed by atoms with Crippen LogP contribution in [-0.4, -0.2) is 45.9 Å². The third-order valence-corrected chi connectivity index (χ3v) is 4.26. The van der Waals surface area contributed by atoms with Gasteiger partial charge < -0.3 is 15.5 Å². The molecular weight excluding hydrogens is 280 g/mol. The van der Waals surface area contributed by atoms with Crippen molar-refractivity contribution in [1.29, 1.82) is 0 Å². The number of nitrogen functional groups attached to an aromatic ring is 1. The Kier molecular flexibility index (Phi) is 3.87. The summed E-state index contributed by atoms with van der Waals surface area (Å²) in [4.78, 5) is 15.3. The van der Waals surface area contributed by atoms with Gasteiger partial charge in [0, 0.05) is 20.1 Å². The molecule has 0 unspecified atom stereocenters. The number of rotatable bonds is 2. The van der Waals surface area contributed by atoms with Crippen LogP contribution in [0.15, 0.2) is 23.1 Å². The minimum atomic E-state index is -3.79. The summed E-state index contributed by atoms with van der Waals surface area (Å²) >= 11 is 0. The molecule has 110 valence electrons. The Morgan fingerprint density at radius 2 is 1.95 bits per heavy atom. The number of anilines is 2. The first kappa shape index (κ1) is 14.6. The SMILES string of the molecule is CN1CCCN(c2cc(S(N)(=O)=O)ccc2N)CC1=O. The number of nitrogens with two attached hydrogens (primary N) is 2. The summed E-state index contributed by atoms with van der Waals surface area (Å²) in [7, 11) is -2.05. The lowest BCUT2D eigenvalue weighted by Crippen LogP contribution is -2.34. The van der Waals surface area contributed by atoms with Crippen LogP contribution >= 0.6 is 0 Å².